The molecule has 2 nitrogen and oxygen atoms in total. The van der Waals surface area contributed by atoms with Crippen LogP contribution >= 0.6 is 22.9 Å². The van der Waals surface area contributed by atoms with Gasteiger partial charge in [-0.1, -0.05) is 12.2 Å². The standard InChI is InChI=1S/C9H9ClO2S/c10-4-2-1-3-7-5-13-6-8(7)9(11)12/h1,3,5-6H,2,4H2,(H,11,12). The van der Waals surface area contributed by atoms with Crippen LogP contribution in [-0.2, 0) is 0 Å². The minimum absolute atomic E-state index is 0.357. The lowest BCUT2D eigenvalue weighted by Gasteiger charge is -1.91. The average molecular weight is 217 g/mol. The van der Waals surface area contributed by atoms with Crippen LogP contribution in [0, 0.1) is 0 Å². The van der Waals surface area contributed by atoms with Crippen molar-refractivity contribution >= 4 is 35.0 Å². The third-order valence-corrected chi connectivity index (χ3v) is 2.48. The van der Waals surface area contributed by atoms with Gasteiger partial charge in [-0.3, -0.25) is 0 Å². The number of aromatic carboxylic acids is 1. The van der Waals surface area contributed by atoms with E-state index < -0.39 is 5.97 Å². The molecular weight excluding hydrogens is 208 g/mol. The molecule has 0 spiro atoms. The molecule has 0 saturated carbocycles. The quantitative estimate of drug-likeness (QED) is 0.786. The van der Waals surface area contributed by atoms with Crippen LogP contribution in [0.1, 0.15) is 22.3 Å². The SMILES string of the molecule is O=C(O)c1cscc1C=CCCCl. The van der Waals surface area contributed by atoms with Gasteiger partial charge in [0.15, 0.2) is 0 Å². The van der Waals surface area contributed by atoms with Crippen LogP contribution in [0.4, 0.5) is 0 Å². The zero-order valence-electron chi connectivity index (χ0n) is 6.87. The van der Waals surface area contributed by atoms with Crippen LogP contribution in [0.3, 0.4) is 0 Å². The number of carboxylic acids is 1. The highest BCUT2D eigenvalue weighted by Gasteiger charge is 2.07. The van der Waals surface area contributed by atoms with Gasteiger partial charge in [0.2, 0.25) is 0 Å². The predicted molar refractivity (Wildman–Crippen MR) is 55.6 cm³/mol. The summed E-state index contributed by atoms with van der Waals surface area (Å²) in [7, 11) is 0. The van der Waals surface area contributed by atoms with Gasteiger partial charge in [-0.2, -0.15) is 11.3 Å². The first-order chi connectivity index (χ1) is 6.25. The second-order valence-corrected chi connectivity index (χ2v) is 3.55. The van der Waals surface area contributed by atoms with Gasteiger partial charge in [0.25, 0.3) is 0 Å². The van der Waals surface area contributed by atoms with Crippen LogP contribution in [0.25, 0.3) is 6.08 Å². The first kappa shape index (κ1) is 10.3. The van der Waals surface area contributed by atoms with Crippen molar-refractivity contribution in [3.8, 4) is 0 Å². The molecule has 0 unspecified atom stereocenters. The Labute approximate surface area is 85.5 Å². The first-order valence-corrected chi connectivity index (χ1v) is 5.25. The number of thiophene rings is 1. The zero-order chi connectivity index (χ0) is 9.68. The van der Waals surface area contributed by atoms with Crippen LogP contribution in [-0.4, -0.2) is 17.0 Å². The lowest BCUT2D eigenvalue weighted by molar-refractivity contribution is 0.0697. The number of rotatable bonds is 4. The van der Waals surface area contributed by atoms with E-state index >= 15 is 0 Å². The van der Waals surface area contributed by atoms with Crippen LogP contribution in [0.2, 0.25) is 0 Å². The molecule has 0 aromatic carbocycles. The highest BCUT2D eigenvalue weighted by Crippen LogP contribution is 2.16. The maximum absolute atomic E-state index is 10.7. The van der Waals surface area contributed by atoms with Gasteiger partial charge in [0.1, 0.15) is 0 Å². The Balaban J connectivity index is 2.76. The number of carboxylic acid groups (broad SMARTS) is 1. The van der Waals surface area contributed by atoms with Crippen molar-refractivity contribution in [3.63, 3.8) is 0 Å². The third kappa shape index (κ3) is 2.86. The molecule has 1 aromatic rings. The maximum Gasteiger partial charge on any atom is 0.337 e. The summed E-state index contributed by atoms with van der Waals surface area (Å²) in [6.45, 7) is 0. The molecule has 0 aliphatic carbocycles. The Bertz CT molecular complexity index is 317. The summed E-state index contributed by atoms with van der Waals surface area (Å²) < 4.78 is 0. The average Bonchev–Trinajstić information content (AvgIpc) is 2.53. The molecule has 1 aromatic heterocycles. The topological polar surface area (TPSA) is 37.3 Å². The second-order valence-electron chi connectivity index (χ2n) is 2.43. The van der Waals surface area contributed by atoms with E-state index in [9.17, 15) is 4.79 Å². The maximum atomic E-state index is 10.7. The zero-order valence-corrected chi connectivity index (χ0v) is 8.44. The molecule has 13 heavy (non-hydrogen) atoms. The summed E-state index contributed by atoms with van der Waals surface area (Å²) in [5.41, 5.74) is 1.11. The van der Waals surface area contributed by atoms with Crippen molar-refractivity contribution < 1.29 is 9.90 Å². The van der Waals surface area contributed by atoms with Crippen molar-refractivity contribution in [2.45, 2.75) is 6.42 Å². The molecular formula is C9H9ClO2S. The smallest absolute Gasteiger partial charge is 0.337 e. The van der Waals surface area contributed by atoms with Gasteiger partial charge < -0.3 is 5.11 Å². The molecule has 0 radical (unpaired) electrons. The summed E-state index contributed by atoms with van der Waals surface area (Å²) in [6, 6.07) is 0. The Morgan fingerprint density at radius 3 is 3.00 bits per heavy atom. The molecule has 70 valence electrons. The van der Waals surface area contributed by atoms with Crippen LogP contribution < -0.4 is 0 Å². The van der Waals surface area contributed by atoms with Gasteiger partial charge in [0.05, 0.1) is 5.56 Å². The van der Waals surface area contributed by atoms with Gasteiger partial charge in [-0.15, -0.1) is 11.6 Å². The molecule has 0 atom stereocenters. The monoisotopic (exact) mass is 216 g/mol. The number of carbonyl (C=O) groups is 1. The Morgan fingerprint density at radius 1 is 1.62 bits per heavy atom. The highest BCUT2D eigenvalue weighted by atomic mass is 35.5. The molecule has 4 heteroatoms. The number of allylic oxidation sites excluding steroid dienone is 1. The molecule has 1 rings (SSSR count). The van der Waals surface area contributed by atoms with E-state index in [0.717, 1.165) is 12.0 Å². The largest absolute Gasteiger partial charge is 0.478 e. The summed E-state index contributed by atoms with van der Waals surface area (Å²) in [4.78, 5) is 10.7. The van der Waals surface area contributed by atoms with E-state index in [-0.39, 0.29) is 0 Å². The molecule has 1 N–H and O–H groups in total. The van der Waals surface area contributed by atoms with Gasteiger partial charge in [0, 0.05) is 11.3 Å². The number of hydrogen-bond acceptors (Lipinski definition) is 2. The van der Waals surface area contributed by atoms with Crippen molar-refractivity contribution in [1.29, 1.82) is 0 Å². The number of alkyl halides is 1. The van der Waals surface area contributed by atoms with E-state index in [4.69, 9.17) is 16.7 Å². The normalized spacial score (nSPS) is 10.8. The van der Waals surface area contributed by atoms with Crippen molar-refractivity contribution in [1.82, 2.24) is 0 Å². The lowest BCUT2D eigenvalue weighted by Crippen LogP contribution is -1.95. The number of halogens is 1. The Morgan fingerprint density at radius 2 is 2.38 bits per heavy atom. The van der Waals surface area contributed by atoms with Crippen LogP contribution in [0.5, 0.6) is 0 Å². The van der Waals surface area contributed by atoms with Crippen molar-refractivity contribution in [2.24, 2.45) is 0 Å². The molecule has 0 bridgehead atoms. The molecule has 0 saturated heterocycles. The van der Waals surface area contributed by atoms with Gasteiger partial charge in [-0.25, -0.2) is 4.79 Å². The lowest BCUT2D eigenvalue weighted by atomic mass is 10.2. The first-order valence-electron chi connectivity index (χ1n) is 3.77. The molecule has 0 fully saturated rings. The number of hydrogen-bond donors (Lipinski definition) is 1. The molecule has 0 amide bonds. The summed E-state index contributed by atoms with van der Waals surface area (Å²) >= 11 is 6.87. The fourth-order valence-electron chi connectivity index (χ4n) is 0.883. The summed E-state index contributed by atoms with van der Waals surface area (Å²) in [5, 5.41) is 12.2. The fourth-order valence-corrected chi connectivity index (χ4v) is 1.80. The van der Waals surface area contributed by atoms with Gasteiger partial charge in [-0.05, 0) is 17.4 Å². The highest BCUT2D eigenvalue weighted by molar-refractivity contribution is 7.08. The summed E-state index contributed by atoms with van der Waals surface area (Å²) in [6.07, 6.45) is 4.43. The van der Waals surface area contributed by atoms with Gasteiger partial charge >= 0.3 is 5.97 Å². The van der Waals surface area contributed by atoms with E-state index in [1.807, 2.05) is 11.5 Å². The van der Waals surface area contributed by atoms with E-state index in [2.05, 4.69) is 0 Å². The van der Waals surface area contributed by atoms with E-state index in [0.29, 0.717) is 11.4 Å². The predicted octanol–water partition coefficient (Wildman–Crippen LogP) is 3.09. The molecule has 1 heterocycles. The second kappa shape index (κ2) is 5.04. The Hall–Kier alpha value is -0.800. The molecule has 0 aliphatic heterocycles. The van der Waals surface area contributed by atoms with Crippen molar-refractivity contribution in [2.75, 3.05) is 5.88 Å². The molecule has 0 aliphatic rings. The van der Waals surface area contributed by atoms with E-state index in [1.165, 1.54) is 11.3 Å². The Kier molecular flexibility index (Phi) is 3.99. The minimum Gasteiger partial charge on any atom is -0.478 e. The van der Waals surface area contributed by atoms with E-state index in [1.54, 1.807) is 11.5 Å². The minimum atomic E-state index is -0.883. The van der Waals surface area contributed by atoms with Crippen LogP contribution in [0.15, 0.2) is 16.8 Å². The van der Waals surface area contributed by atoms with Crippen molar-refractivity contribution in [3.05, 3.63) is 28.0 Å². The third-order valence-electron chi connectivity index (χ3n) is 1.50. The fraction of sp³-hybridized carbons (Fsp3) is 0.222. The summed E-state index contributed by atoms with van der Waals surface area (Å²) in [5.74, 6) is -0.324.